The lowest BCUT2D eigenvalue weighted by Gasteiger charge is -2.25. The van der Waals surface area contributed by atoms with Crippen LogP contribution in [0.4, 0.5) is 0 Å². The zero-order valence-corrected chi connectivity index (χ0v) is 28.4. The van der Waals surface area contributed by atoms with Gasteiger partial charge in [-0.1, -0.05) is 35.6 Å². The highest BCUT2D eigenvalue weighted by molar-refractivity contribution is 7.07. The van der Waals surface area contributed by atoms with Gasteiger partial charge in [-0.05, 0) is 80.9 Å². The molecule has 0 fully saturated rings. The average Bonchev–Trinajstić information content (AvgIpc) is 3.65. The quantitative estimate of drug-likeness (QED) is 0.150. The minimum Gasteiger partial charge on any atom is -0.494 e. The van der Waals surface area contributed by atoms with Crippen molar-refractivity contribution >= 4 is 29.4 Å². The van der Waals surface area contributed by atoms with E-state index < -0.39 is 18.0 Å². The minimum atomic E-state index is -0.893. The Labute approximate surface area is 286 Å². The van der Waals surface area contributed by atoms with Crippen molar-refractivity contribution in [2.45, 2.75) is 33.7 Å². The number of thiazole rings is 1. The fraction of sp³-hybridized carbons (Fsp3) is 0.216. The first-order chi connectivity index (χ1) is 23.7. The Morgan fingerprint density at radius 1 is 0.980 bits per heavy atom. The number of hydrogen-bond acceptors (Lipinski definition) is 10. The summed E-state index contributed by atoms with van der Waals surface area (Å²) in [5.74, 6) is 0.117. The molecule has 0 aliphatic carbocycles. The molecule has 0 unspecified atom stereocenters. The van der Waals surface area contributed by atoms with Crippen LogP contribution < -0.4 is 29.1 Å². The fourth-order valence-corrected chi connectivity index (χ4v) is 6.69. The van der Waals surface area contributed by atoms with Crippen LogP contribution in [0.5, 0.6) is 17.2 Å². The molecule has 6 rings (SSSR count). The number of esters is 2. The van der Waals surface area contributed by atoms with Crippen LogP contribution in [-0.2, 0) is 14.3 Å². The number of para-hydroxylation sites is 1. The second-order valence-corrected chi connectivity index (χ2v) is 12.0. The van der Waals surface area contributed by atoms with E-state index in [1.165, 1.54) is 29.9 Å². The van der Waals surface area contributed by atoms with Crippen molar-refractivity contribution in [1.82, 2.24) is 14.3 Å². The number of rotatable bonds is 10. The van der Waals surface area contributed by atoms with Crippen molar-refractivity contribution in [2.24, 2.45) is 4.99 Å². The van der Waals surface area contributed by atoms with Crippen molar-refractivity contribution in [3.63, 3.8) is 0 Å². The summed E-state index contributed by atoms with van der Waals surface area (Å²) in [4.78, 5) is 44.6. The predicted octanol–water partition coefficient (Wildman–Crippen LogP) is 4.98. The maximum absolute atomic E-state index is 14.4. The molecule has 0 N–H and O–H groups in total. The standard InChI is InChI=1S/C37H34N4O7S/c1-6-46-28-16-13-24(14-17-28)33-26(21-40(39-33)27-11-9-8-10-12-27)20-31-35(43)41-34(25-15-18-29(48-23(4)42)30(19-25)45-5)32(36(44)47-7-2)22(3)38-37(41)49-31/h8-21,34H,6-7H2,1-5H3/b31-20+/t34-/m1/s1. The molecule has 12 heteroatoms. The van der Waals surface area contributed by atoms with E-state index in [0.717, 1.165) is 17.0 Å². The predicted molar refractivity (Wildman–Crippen MR) is 185 cm³/mol. The average molecular weight is 679 g/mol. The van der Waals surface area contributed by atoms with Gasteiger partial charge in [0, 0.05) is 24.2 Å². The topological polar surface area (TPSA) is 123 Å². The van der Waals surface area contributed by atoms with Gasteiger partial charge in [-0.15, -0.1) is 0 Å². The number of benzene rings is 3. The van der Waals surface area contributed by atoms with Crippen LogP contribution in [0, 0.1) is 0 Å². The number of hydrogen-bond donors (Lipinski definition) is 0. The first-order valence-electron chi connectivity index (χ1n) is 15.7. The van der Waals surface area contributed by atoms with Crippen molar-refractivity contribution < 1.29 is 28.5 Å². The SMILES string of the molecule is CCOC(=O)C1=C(C)N=c2s/c(=C/c3cn(-c4ccccc4)nc3-c3ccc(OCC)cc3)c(=O)n2[C@@H]1c1ccc(OC(C)=O)c(OC)c1. The van der Waals surface area contributed by atoms with E-state index >= 15 is 0 Å². The van der Waals surface area contributed by atoms with Gasteiger partial charge < -0.3 is 18.9 Å². The van der Waals surface area contributed by atoms with Gasteiger partial charge >= 0.3 is 11.9 Å². The lowest BCUT2D eigenvalue weighted by Crippen LogP contribution is -2.40. The highest BCUT2D eigenvalue weighted by atomic mass is 32.1. The lowest BCUT2D eigenvalue weighted by atomic mass is 9.95. The molecule has 11 nitrogen and oxygen atoms in total. The second kappa shape index (κ2) is 14.2. The number of allylic oxidation sites excluding steroid dienone is 1. The Balaban J connectivity index is 1.54. The fourth-order valence-electron chi connectivity index (χ4n) is 5.65. The van der Waals surface area contributed by atoms with E-state index in [9.17, 15) is 14.4 Å². The summed E-state index contributed by atoms with van der Waals surface area (Å²) in [6, 6.07) is 21.4. The van der Waals surface area contributed by atoms with Crippen molar-refractivity contribution in [3.8, 4) is 34.2 Å². The van der Waals surface area contributed by atoms with Gasteiger partial charge in [0.05, 0.1) is 47.9 Å². The molecule has 0 radical (unpaired) electrons. The lowest BCUT2D eigenvalue weighted by molar-refractivity contribution is -0.139. The third-order valence-corrected chi connectivity index (χ3v) is 8.75. The normalized spacial score (nSPS) is 14.2. The zero-order valence-electron chi connectivity index (χ0n) is 27.6. The molecule has 0 saturated carbocycles. The number of aromatic nitrogens is 3. The third-order valence-electron chi connectivity index (χ3n) is 7.76. The van der Waals surface area contributed by atoms with Crippen LogP contribution in [0.3, 0.4) is 0 Å². The summed E-state index contributed by atoms with van der Waals surface area (Å²) in [6.07, 6.45) is 3.68. The number of fused-ring (bicyclic) bond motifs is 1. The van der Waals surface area contributed by atoms with Gasteiger partial charge in [0.2, 0.25) is 0 Å². The van der Waals surface area contributed by atoms with E-state index in [-0.39, 0.29) is 29.2 Å². The maximum atomic E-state index is 14.4. The summed E-state index contributed by atoms with van der Waals surface area (Å²) in [5.41, 5.74) is 3.92. The monoisotopic (exact) mass is 678 g/mol. The van der Waals surface area contributed by atoms with Gasteiger partial charge in [-0.3, -0.25) is 14.2 Å². The Morgan fingerprint density at radius 3 is 2.41 bits per heavy atom. The molecule has 0 saturated heterocycles. The van der Waals surface area contributed by atoms with Crippen molar-refractivity contribution in [3.05, 3.63) is 121 Å². The summed E-state index contributed by atoms with van der Waals surface area (Å²) < 4.78 is 25.6. The molecular weight excluding hydrogens is 644 g/mol. The Kier molecular flexibility index (Phi) is 9.58. The van der Waals surface area contributed by atoms with Gasteiger partial charge in [0.25, 0.3) is 5.56 Å². The van der Waals surface area contributed by atoms with E-state index in [2.05, 4.69) is 0 Å². The molecule has 0 spiro atoms. The van der Waals surface area contributed by atoms with Gasteiger partial charge in [-0.25, -0.2) is 14.5 Å². The van der Waals surface area contributed by atoms with E-state index in [1.54, 1.807) is 42.8 Å². The van der Waals surface area contributed by atoms with E-state index in [0.29, 0.717) is 38.5 Å². The minimum absolute atomic E-state index is 0.140. The van der Waals surface area contributed by atoms with E-state index in [4.69, 9.17) is 29.0 Å². The van der Waals surface area contributed by atoms with Gasteiger partial charge in [0.15, 0.2) is 16.3 Å². The summed E-state index contributed by atoms with van der Waals surface area (Å²) >= 11 is 1.21. The molecule has 1 aliphatic rings. The molecule has 49 heavy (non-hydrogen) atoms. The zero-order chi connectivity index (χ0) is 34.7. The maximum Gasteiger partial charge on any atom is 0.338 e. The Bertz CT molecular complexity index is 2250. The number of carbonyl (C=O) groups excluding carboxylic acids is 2. The first kappa shape index (κ1) is 33.2. The van der Waals surface area contributed by atoms with Crippen LogP contribution in [0.15, 0.2) is 100 Å². The molecule has 0 bridgehead atoms. The van der Waals surface area contributed by atoms with Crippen LogP contribution in [0.2, 0.25) is 0 Å². The Hall–Kier alpha value is -5.75. The van der Waals surface area contributed by atoms with Gasteiger partial charge in [0.1, 0.15) is 11.4 Å². The molecule has 0 amide bonds. The third kappa shape index (κ3) is 6.68. The molecule has 3 aromatic carbocycles. The highest BCUT2D eigenvalue weighted by Crippen LogP contribution is 2.36. The molecule has 3 heterocycles. The molecule has 1 aliphatic heterocycles. The van der Waals surface area contributed by atoms with Crippen LogP contribution in [0.1, 0.15) is 44.9 Å². The van der Waals surface area contributed by atoms with Crippen LogP contribution >= 0.6 is 11.3 Å². The number of methoxy groups -OCH3 is 1. The van der Waals surface area contributed by atoms with E-state index in [1.807, 2.05) is 67.7 Å². The number of nitrogens with zero attached hydrogens (tertiary/aromatic N) is 4. The van der Waals surface area contributed by atoms with Crippen LogP contribution in [0.25, 0.3) is 23.0 Å². The molecular formula is C37H34N4O7S. The number of carbonyl (C=O) groups is 2. The summed E-state index contributed by atoms with van der Waals surface area (Å²) in [5, 5.41) is 4.91. The molecule has 1 atom stereocenters. The van der Waals surface area contributed by atoms with Crippen LogP contribution in [-0.4, -0.2) is 46.6 Å². The number of ether oxygens (including phenoxy) is 4. The molecule has 2 aromatic heterocycles. The largest absolute Gasteiger partial charge is 0.494 e. The second-order valence-electron chi connectivity index (χ2n) is 11.0. The van der Waals surface area contributed by atoms with Gasteiger partial charge in [-0.2, -0.15) is 5.10 Å². The first-order valence-corrected chi connectivity index (χ1v) is 16.5. The Morgan fingerprint density at radius 2 is 1.73 bits per heavy atom. The molecule has 250 valence electrons. The molecule has 5 aromatic rings. The van der Waals surface area contributed by atoms with Crippen molar-refractivity contribution in [2.75, 3.05) is 20.3 Å². The summed E-state index contributed by atoms with van der Waals surface area (Å²) in [6.45, 7) is 7.35. The summed E-state index contributed by atoms with van der Waals surface area (Å²) in [7, 11) is 1.45. The highest BCUT2D eigenvalue weighted by Gasteiger charge is 2.34. The smallest absolute Gasteiger partial charge is 0.338 e. The van der Waals surface area contributed by atoms with Crippen molar-refractivity contribution in [1.29, 1.82) is 0 Å².